The molecule has 1 amide bonds. The summed E-state index contributed by atoms with van der Waals surface area (Å²) in [6, 6.07) is -0.0281. The Morgan fingerprint density at radius 3 is 2.48 bits per heavy atom. The molecule has 4 rings (SSSR count). The first-order chi connectivity index (χ1) is 14.5. The van der Waals surface area contributed by atoms with Crippen LogP contribution in [0, 0.1) is 5.92 Å². The molecule has 1 fully saturated rings. The first-order valence-corrected chi connectivity index (χ1v) is 9.83. The van der Waals surface area contributed by atoms with Gasteiger partial charge in [-0.3, -0.25) is 14.3 Å². The number of fused-ring (bicyclic) bond motifs is 1. The van der Waals surface area contributed by atoms with Gasteiger partial charge in [-0.15, -0.1) is 0 Å². The van der Waals surface area contributed by atoms with Crippen LogP contribution in [0.15, 0.2) is 23.3 Å². The minimum Gasteiger partial charge on any atom is -0.335 e. The Bertz CT molecular complexity index is 1040. The summed E-state index contributed by atoms with van der Waals surface area (Å²) >= 11 is 5.87. The van der Waals surface area contributed by atoms with Crippen molar-refractivity contribution >= 4 is 17.5 Å². The molecule has 4 heterocycles. The van der Waals surface area contributed by atoms with E-state index in [1.165, 1.54) is 18.5 Å². The fourth-order valence-electron chi connectivity index (χ4n) is 3.99. The molecule has 0 saturated carbocycles. The molecule has 31 heavy (non-hydrogen) atoms. The van der Waals surface area contributed by atoms with Crippen LogP contribution in [0.2, 0.25) is 5.02 Å². The normalized spacial score (nSPS) is 26.2. The average molecular weight is 466 g/mol. The van der Waals surface area contributed by atoms with E-state index in [-0.39, 0.29) is 12.4 Å². The number of hydrogen-bond donors (Lipinski definition) is 0. The number of nitrogens with zero attached hydrogens (tertiary/aromatic N) is 5. The van der Waals surface area contributed by atoms with E-state index in [1.54, 1.807) is 0 Å². The fraction of sp³-hybridized carbons (Fsp3) is 0.556. The number of pyridine rings is 1. The molecular weight excluding hydrogens is 449 g/mol. The van der Waals surface area contributed by atoms with Gasteiger partial charge in [-0.1, -0.05) is 11.6 Å². The summed E-state index contributed by atoms with van der Waals surface area (Å²) in [7, 11) is 0. The lowest BCUT2D eigenvalue weighted by Crippen LogP contribution is -2.45. The van der Waals surface area contributed by atoms with Crippen LogP contribution in [0.4, 0.5) is 22.0 Å². The predicted molar refractivity (Wildman–Crippen MR) is 98.1 cm³/mol. The van der Waals surface area contributed by atoms with Crippen LogP contribution in [0.3, 0.4) is 0 Å². The van der Waals surface area contributed by atoms with E-state index in [9.17, 15) is 31.5 Å². The molecule has 0 spiro atoms. The lowest BCUT2D eigenvalue weighted by Gasteiger charge is -2.32. The minimum absolute atomic E-state index is 0.118. The van der Waals surface area contributed by atoms with E-state index in [2.05, 4.69) is 10.1 Å². The van der Waals surface area contributed by atoms with Gasteiger partial charge in [0.05, 0.1) is 30.6 Å². The SMILES string of the molecule is O=C([C@H]1C[C@@H](C(F)(F)F)Cc2nn(Cc3cncc(Cl)c3)c(=O)n21)N1C[C@@H](F)[C@@H](F)C1. The summed E-state index contributed by atoms with van der Waals surface area (Å²) in [4.78, 5) is 30.5. The van der Waals surface area contributed by atoms with Crippen molar-refractivity contribution in [2.75, 3.05) is 13.1 Å². The van der Waals surface area contributed by atoms with Gasteiger partial charge in [0.2, 0.25) is 5.91 Å². The van der Waals surface area contributed by atoms with Crippen molar-refractivity contribution in [1.82, 2.24) is 24.2 Å². The van der Waals surface area contributed by atoms with Crippen LogP contribution in [0.1, 0.15) is 23.9 Å². The van der Waals surface area contributed by atoms with Crippen LogP contribution in [0.5, 0.6) is 0 Å². The molecule has 1 saturated heterocycles. The first kappa shape index (κ1) is 21.7. The molecule has 0 radical (unpaired) electrons. The van der Waals surface area contributed by atoms with Gasteiger partial charge in [0.15, 0.2) is 12.3 Å². The Labute approximate surface area is 177 Å². The molecule has 7 nitrogen and oxygen atoms in total. The number of aromatic nitrogens is 4. The Morgan fingerprint density at radius 1 is 1.19 bits per heavy atom. The third-order valence-electron chi connectivity index (χ3n) is 5.53. The number of carbonyl (C=O) groups excluding carboxylic acids is 1. The van der Waals surface area contributed by atoms with Crippen LogP contribution in [-0.2, 0) is 17.8 Å². The molecule has 2 aliphatic rings. The molecule has 2 aromatic rings. The number of rotatable bonds is 3. The van der Waals surface area contributed by atoms with Gasteiger partial charge in [-0.25, -0.2) is 18.3 Å². The van der Waals surface area contributed by atoms with Gasteiger partial charge in [0, 0.05) is 18.8 Å². The van der Waals surface area contributed by atoms with E-state index >= 15 is 0 Å². The number of carbonyl (C=O) groups is 1. The fourth-order valence-corrected chi connectivity index (χ4v) is 4.19. The Balaban J connectivity index is 1.70. The summed E-state index contributed by atoms with van der Waals surface area (Å²) in [5.74, 6) is -3.05. The highest BCUT2D eigenvalue weighted by Gasteiger charge is 2.49. The zero-order valence-electron chi connectivity index (χ0n) is 15.9. The highest BCUT2D eigenvalue weighted by molar-refractivity contribution is 6.30. The summed E-state index contributed by atoms with van der Waals surface area (Å²) in [6.07, 6.45) is -6.95. The van der Waals surface area contributed by atoms with E-state index in [0.29, 0.717) is 10.6 Å². The maximum atomic E-state index is 13.6. The number of likely N-dealkylation sites (tertiary alicyclic amines) is 1. The molecular formula is C18H17ClF5N5O2. The lowest BCUT2D eigenvalue weighted by molar-refractivity contribution is -0.183. The summed E-state index contributed by atoms with van der Waals surface area (Å²) in [6.45, 7) is -1.26. The number of halogens is 6. The molecule has 0 N–H and O–H groups in total. The second-order valence-corrected chi connectivity index (χ2v) is 8.14. The summed E-state index contributed by atoms with van der Waals surface area (Å²) in [5.41, 5.74) is -0.304. The van der Waals surface area contributed by atoms with Gasteiger partial charge in [-0.05, 0) is 18.1 Å². The Morgan fingerprint density at radius 2 is 1.87 bits per heavy atom. The number of alkyl halides is 5. The third-order valence-corrected chi connectivity index (χ3v) is 5.73. The predicted octanol–water partition coefficient (Wildman–Crippen LogP) is 2.33. The number of hydrogen-bond acceptors (Lipinski definition) is 4. The molecule has 4 atom stereocenters. The van der Waals surface area contributed by atoms with Crippen molar-refractivity contribution < 1.29 is 26.7 Å². The lowest BCUT2D eigenvalue weighted by atomic mass is 9.91. The average Bonchev–Trinajstić information content (AvgIpc) is 3.19. The zero-order chi connectivity index (χ0) is 22.5. The monoisotopic (exact) mass is 465 g/mol. The number of amides is 1. The van der Waals surface area contributed by atoms with Crippen molar-refractivity contribution in [3.05, 3.63) is 45.4 Å². The quantitative estimate of drug-likeness (QED) is 0.652. The molecule has 0 aromatic carbocycles. The maximum Gasteiger partial charge on any atom is 0.392 e. The van der Waals surface area contributed by atoms with Crippen molar-refractivity contribution in [2.24, 2.45) is 5.92 Å². The third kappa shape index (κ3) is 4.17. The van der Waals surface area contributed by atoms with E-state index < -0.39 is 68.0 Å². The maximum absolute atomic E-state index is 13.6. The van der Waals surface area contributed by atoms with Crippen molar-refractivity contribution in [2.45, 2.75) is 43.9 Å². The minimum atomic E-state index is -4.63. The van der Waals surface area contributed by atoms with Gasteiger partial charge >= 0.3 is 11.9 Å². The van der Waals surface area contributed by atoms with Crippen LogP contribution in [-0.4, -0.2) is 61.7 Å². The largest absolute Gasteiger partial charge is 0.392 e. The standard InChI is InChI=1S/C18H17ClF5N5O2/c19-11-1-9(4-25-5-11)6-28-17(31)29-14(16(30)27-7-12(20)13(21)8-27)2-10(18(22,23)24)3-15(29)26-28/h1,4-5,10,12-14H,2-3,6-8H2/t10-,12-,13+,14-/m1/s1. The molecule has 2 aliphatic heterocycles. The Hall–Kier alpha value is -2.50. The van der Waals surface area contributed by atoms with E-state index in [0.717, 1.165) is 14.1 Å². The summed E-state index contributed by atoms with van der Waals surface area (Å²) < 4.78 is 69.4. The molecule has 2 aromatic heterocycles. The van der Waals surface area contributed by atoms with Gasteiger partial charge in [-0.2, -0.15) is 18.3 Å². The highest BCUT2D eigenvalue weighted by atomic mass is 35.5. The van der Waals surface area contributed by atoms with Crippen LogP contribution >= 0.6 is 11.6 Å². The molecule has 0 bridgehead atoms. The molecule has 0 unspecified atom stereocenters. The zero-order valence-corrected chi connectivity index (χ0v) is 16.7. The van der Waals surface area contributed by atoms with Gasteiger partial charge < -0.3 is 4.90 Å². The highest BCUT2D eigenvalue weighted by Crippen LogP contribution is 2.39. The van der Waals surface area contributed by atoms with Crippen LogP contribution < -0.4 is 5.69 Å². The van der Waals surface area contributed by atoms with Crippen molar-refractivity contribution in [1.29, 1.82) is 0 Å². The smallest absolute Gasteiger partial charge is 0.335 e. The Kier molecular flexibility index (Phi) is 5.52. The van der Waals surface area contributed by atoms with Crippen molar-refractivity contribution in [3.63, 3.8) is 0 Å². The van der Waals surface area contributed by atoms with Crippen molar-refractivity contribution in [3.8, 4) is 0 Å². The molecule has 0 aliphatic carbocycles. The van der Waals surface area contributed by atoms with E-state index in [1.807, 2.05) is 0 Å². The second-order valence-electron chi connectivity index (χ2n) is 7.71. The summed E-state index contributed by atoms with van der Waals surface area (Å²) in [5, 5.41) is 4.31. The van der Waals surface area contributed by atoms with E-state index in [4.69, 9.17) is 11.6 Å². The van der Waals surface area contributed by atoms with Gasteiger partial charge in [0.25, 0.3) is 0 Å². The molecule has 13 heteroatoms. The first-order valence-electron chi connectivity index (χ1n) is 9.46. The van der Waals surface area contributed by atoms with Crippen LogP contribution in [0.25, 0.3) is 0 Å². The molecule has 168 valence electrons. The topological polar surface area (TPSA) is 73.0 Å². The second kappa shape index (κ2) is 7.88. The van der Waals surface area contributed by atoms with Gasteiger partial charge in [0.1, 0.15) is 11.9 Å².